The first kappa shape index (κ1) is 12.0. The van der Waals surface area contributed by atoms with E-state index in [-0.39, 0.29) is 16.0 Å². The lowest BCUT2D eigenvalue weighted by Crippen LogP contribution is -2.05. The first-order valence-electron chi connectivity index (χ1n) is 5.84. The second-order valence-electron chi connectivity index (χ2n) is 5.44. The predicted molar refractivity (Wildman–Crippen MR) is 66.9 cm³/mol. The van der Waals surface area contributed by atoms with Gasteiger partial charge in [-0.05, 0) is 42.3 Å². The molecule has 17 heavy (non-hydrogen) atoms. The molecule has 92 valence electrons. The van der Waals surface area contributed by atoms with Crippen LogP contribution in [0.1, 0.15) is 30.9 Å². The van der Waals surface area contributed by atoms with Crippen LogP contribution in [-0.2, 0) is 0 Å². The van der Waals surface area contributed by atoms with Gasteiger partial charge in [0.15, 0.2) is 0 Å². The van der Waals surface area contributed by atoms with Gasteiger partial charge >= 0.3 is 0 Å². The van der Waals surface area contributed by atoms with Crippen molar-refractivity contribution < 1.29 is 4.92 Å². The van der Waals surface area contributed by atoms with Crippen LogP contribution in [0, 0.1) is 28.4 Å². The molecule has 2 rings (SSSR count). The Kier molecular flexibility index (Phi) is 2.70. The topological polar surface area (TPSA) is 69.2 Å². The molecule has 0 spiro atoms. The fraction of sp³-hybridized carbons (Fsp3) is 0.538. The first-order valence-corrected chi connectivity index (χ1v) is 5.84. The molecular weight excluding hydrogens is 216 g/mol. The maximum atomic E-state index is 10.8. The van der Waals surface area contributed by atoms with Crippen LogP contribution in [0.2, 0.25) is 0 Å². The predicted octanol–water partition coefficient (Wildman–Crippen LogP) is 2.60. The van der Waals surface area contributed by atoms with Crippen molar-refractivity contribution in [2.45, 2.75) is 26.7 Å². The van der Waals surface area contributed by atoms with Crippen molar-refractivity contribution in [3.8, 4) is 0 Å². The minimum absolute atomic E-state index is 0.191. The van der Waals surface area contributed by atoms with Gasteiger partial charge in [-0.25, -0.2) is 0 Å². The number of nitro benzene ring substituents is 1. The summed E-state index contributed by atoms with van der Waals surface area (Å²) in [6.07, 6.45) is 0. The van der Waals surface area contributed by atoms with E-state index in [9.17, 15) is 10.1 Å². The minimum Gasteiger partial charge on any atom is -0.330 e. The Morgan fingerprint density at radius 2 is 2.12 bits per heavy atom. The summed E-state index contributed by atoms with van der Waals surface area (Å²) in [5.74, 6) is 0.926. The first-order chi connectivity index (χ1) is 7.89. The molecule has 4 nitrogen and oxygen atoms in total. The number of rotatable bonds is 3. The summed E-state index contributed by atoms with van der Waals surface area (Å²) in [6, 6.07) is 5.40. The Balaban J connectivity index is 2.31. The van der Waals surface area contributed by atoms with Gasteiger partial charge in [0.05, 0.1) is 4.92 Å². The largest absolute Gasteiger partial charge is 0.330 e. The number of hydrogen-bond acceptors (Lipinski definition) is 3. The van der Waals surface area contributed by atoms with Crippen LogP contribution < -0.4 is 5.73 Å². The Labute approximate surface area is 101 Å². The molecule has 1 aliphatic rings. The molecule has 0 bridgehead atoms. The van der Waals surface area contributed by atoms with Gasteiger partial charge in [-0.3, -0.25) is 10.1 Å². The third kappa shape index (κ3) is 1.82. The molecule has 1 aromatic rings. The van der Waals surface area contributed by atoms with Crippen molar-refractivity contribution in [3.05, 3.63) is 39.4 Å². The van der Waals surface area contributed by atoms with E-state index in [1.54, 1.807) is 13.0 Å². The lowest BCUT2D eigenvalue weighted by atomic mass is 10.0. The number of nitrogens with two attached hydrogens (primary N) is 1. The van der Waals surface area contributed by atoms with Gasteiger partial charge in [-0.15, -0.1) is 0 Å². The van der Waals surface area contributed by atoms with Crippen LogP contribution in [0.3, 0.4) is 0 Å². The molecule has 2 atom stereocenters. The van der Waals surface area contributed by atoms with Crippen LogP contribution in [-0.4, -0.2) is 11.5 Å². The number of hydrogen-bond donors (Lipinski definition) is 1. The maximum absolute atomic E-state index is 10.8. The van der Waals surface area contributed by atoms with Crippen molar-refractivity contribution in [2.75, 3.05) is 6.54 Å². The lowest BCUT2D eigenvalue weighted by Gasteiger charge is -2.04. The van der Waals surface area contributed by atoms with Gasteiger partial charge in [0.2, 0.25) is 0 Å². The van der Waals surface area contributed by atoms with Crippen molar-refractivity contribution in [1.82, 2.24) is 0 Å². The summed E-state index contributed by atoms with van der Waals surface area (Å²) in [5, 5.41) is 10.8. The Hall–Kier alpha value is -1.42. The van der Waals surface area contributed by atoms with E-state index in [1.165, 1.54) is 5.56 Å². The van der Waals surface area contributed by atoms with Gasteiger partial charge in [0.25, 0.3) is 5.69 Å². The number of benzene rings is 1. The van der Waals surface area contributed by atoms with Crippen molar-refractivity contribution in [3.63, 3.8) is 0 Å². The summed E-state index contributed by atoms with van der Waals surface area (Å²) in [4.78, 5) is 10.4. The van der Waals surface area contributed by atoms with Gasteiger partial charge in [-0.1, -0.05) is 19.9 Å². The fourth-order valence-corrected chi connectivity index (χ4v) is 2.92. The van der Waals surface area contributed by atoms with E-state index in [2.05, 4.69) is 13.8 Å². The molecule has 0 aromatic heterocycles. The fourth-order valence-electron chi connectivity index (χ4n) is 2.92. The molecule has 0 amide bonds. The van der Waals surface area contributed by atoms with Crippen LogP contribution >= 0.6 is 0 Å². The van der Waals surface area contributed by atoms with Crippen LogP contribution in [0.5, 0.6) is 0 Å². The van der Waals surface area contributed by atoms with Gasteiger partial charge in [-0.2, -0.15) is 0 Å². The van der Waals surface area contributed by atoms with Crippen molar-refractivity contribution >= 4 is 5.69 Å². The third-order valence-corrected chi connectivity index (χ3v) is 4.08. The van der Waals surface area contributed by atoms with Crippen LogP contribution in [0.25, 0.3) is 0 Å². The number of nitrogens with zero attached hydrogens (tertiary/aromatic N) is 1. The van der Waals surface area contributed by atoms with E-state index in [0.717, 1.165) is 5.56 Å². The molecule has 1 saturated carbocycles. The molecule has 1 aliphatic carbocycles. The smallest absolute Gasteiger partial charge is 0.272 e. The Bertz CT molecular complexity index is 468. The van der Waals surface area contributed by atoms with Crippen molar-refractivity contribution in [2.24, 2.45) is 17.1 Å². The lowest BCUT2D eigenvalue weighted by molar-refractivity contribution is -0.385. The molecule has 0 unspecified atom stereocenters. The average molecular weight is 234 g/mol. The molecular formula is C13H18N2O2. The van der Waals surface area contributed by atoms with Crippen molar-refractivity contribution in [1.29, 1.82) is 0 Å². The molecule has 0 radical (unpaired) electrons. The Morgan fingerprint density at radius 1 is 1.47 bits per heavy atom. The van der Waals surface area contributed by atoms with Crippen LogP contribution in [0.15, 0.2) is 18.2 Å². The zero-order valence-electron chi connectivity index (χ0n) is 10.4. The highest BCUT2D eigenvalue weighted by atomic mass is 16.6. The average Bonchev–Trinajstić information content (AvgIpc) is 2.79. The van der Waals surface area contributed by atoms with E-state index in [1.807, 2.05) is 12.1 Å². The normalized spacial score (nSPS) is 25.6. The Morgan fingerprint density at radius 3 is 2.53 bits per heavy atom. The molecule has 0 heterocycles. The molecule has 0 aliphatic heterocycles. The molecule has 1 aromatic carbocycles. The highest BCUT2D eigenvalue weighted by Crippen LogP contribution is 2.63. The van der Waals surface area contributed by atoms with Gasteiger partial charge in [0, 0.05) is 11.6 Å². The summed E-state index contributed by atoms with van der Waals surface area (Å²) in [6.45, 7) is 6.86. The summed E-state index contributed by atoms with van der Waals surface area (Å²) >= 11 is 0. The summed E-state index contributed by atoms with van der Waals surface area (Å²) in [5.41, 5.74) is 8.06. The van der Waals surface area contributed by atoms with Crippen LogP contribution in [0.4, 0.5) is 5.69 Å². The van der Waals surface area contributed by atoms with E-state index in [4.69, 9.17) is 5.73 Å². The van der Waals surface area contributed by atoms with E-state index in [0.29, 0.717) is 18.4 Å². The van der Waals surface area contributed by atoms with E-state index >= 15 is 0 Å². The zero-order valence-corrected chi connectivity index (χ0v) is 10.4. The molecule has 1 fully saturated rings. The van der Waals surface area contributed by atoms with E-state index < -0.39 is 0 Å². The summed E-state index contributed by atoms with van der Waals surface area (Å²) < 4.78 is 0. The van der Waals surface area contributed by atoms with Gasteiger partial charge < -0.3 is 5.73 Å². The maximum Gasteiger partial charge on any atom is 0.272 e. The standard InChI is InChI=1S/C13H18N2O2/c1-8-6-9(4-5-11(8)15(16)17)12-10(7-14)13(12,2)3/h4-6,10,12H,7,14H2,1-3H3/t10-,12-/m0/s1. The highest BCUT2D eigenvalue weighted by Gasteiger charge is 2.57. The minimum atomic E-state index is -0.336. The monoisotopic (exact) mass is 234 g/mol. The second kappa shape index (κ2) is 3.81. The quantitative estimate of drug-likeness (QED) is 0.645. The third-order valence-electron chi connectivity index (χ3n) is 4.08. The molecule has 2 N–H and O–H groups in total. The SMILES string of the molecule is Cc1cc([C@H]2[C@H](CN)C2(C)C)ccc1[N+](=O)[O-]. The second-order valence-corrected chi connectivity index (χ2v) is 5.44. The number of nitro groups is 1. The number of aryl methyl sites for hydroxylation is 1. The highest BCUT2D eigenvalue weighted by molar-refractivity contribution is 5.45. The zero-order chi connectivity index (χ0) is 12.8. The molecule has 0 saturated heterocycles. The molecule has 4 heteroatoms. The summed E-state index contributed by atoms with van der Waals surface area (Å²) in [7, 11) is 0. The van der Waals surface area contributed by atoms with Gasteiger partial charge in [0.1, 0.15) is 0 Å².